The van der Waals surface area contributed by atoms with E-state index >= 15 is 0 Å². The van der Waals surface area contributed by atoms with Crippen molar-refractivity contribution in [2.45, 2.75) is 4.90 Å². The van der Waals surface area contributed by atoms with Crippen LogP contribution in [0.1, 0.15) is 5.56 Å². The molecule has 0 unspecified atom stereocenters. The standard InChI is InChI=1S/C15H14N2O5S/c18-11-8-12(19)15(23-17-9-4-2-1-3-5-9)14(21)10(11)6-7-13(20)16-22/h1-8,17-19,21-22H,(H,16,20)/b7-6+. The smallest absolute Gasteiger partial charge is 0.267 e. The molecule has 2 aromatic carbocycles. The Balaban J connectivity index is 2.29. The summed E-state index contributed by atoms with van der Waals surface area (Å²) >= 11 is 0.945. The molecule has 0 atom stereocenters. The van der Waals surface area contributed by atoms with Crippen molar-refractivity contribution < 1.29 is 25.3 Å². The van der Waals surface area contributed by atoms with Crippen LogP contribution in [0.5, 0.6) is 17.2 Å². The van der Waals surface area contributed by atoms with E-state index in [0.29, 0.717) is 0 Å². The van der Waals surface area contributed by atoms with Gasteiger partial charge in [-0.05, 0) is 30.2 Å². The highest BCUT2D eigenvalue weighted by Gasteiger charge is 2.16. The monoisotopic (exact) mass is 334 g/mol. The molecule has 120 valence electrons. The Labute approximate surface area is 136 Å². The Morgan fingerprint density at radius 1 is 1.09 bits per heavy atom. The molecule has 0 saturated carbocycles. The first-order valence-corrected chi connectivity index (χ1v) is 7.22. The molecule has 0 radical (unpaired) electrons. The van der Waals surface area contributed by atoms with Crippen LogP contribution in [0.4, 0.5) is 5.69 Å². The number of nitrogens with one attached hydrogen (secondary N) is 2. The van der Waals surface area contributed by atoms with E-state index in [0.717, 1.165) is 35.9 Å². The molecule has 0 bridgehead atoms. The molecule has 0 fully saturated rings. The van der Waals surface area contributed by atoms with E-state index < -0.39 is 17.4 Å². The molecule has 0 heterocycles. The summed E-state index contributed by atoms with van der Waals surface area (Å²) < 4.78 is 2.94. The third kappa shape index (κ3) is 4.09. The molecular weight excluding hydrogens is 320 g/mol. The van der Waals surface area contributed by atoms with Crippen LogP contribution in [-0.2, 0) is 4.79 Å². The van der Waals surface area contributed by atoms with E-state index in [1.807, 2.05) is 18.2 Å². The van der Waals surface area contributed by atoms with Crippen molar-refractivity contribution in [2.24, 2.45) is 0 Å². The van der Waals surface area contributed by atoms with Crippen molar-refractivity contribution in [1.82, 2.24) is 5.48 Å². The average molecular weight is 334 g/mol. The average Bonchev–Trinajstić information content (AvgIpc) is 2.54. The molecule has 7 nitrogen and oxygen atoms in total. The molecule has 2 rings (SSSR count). The number of benzene rings is 2. The Morgan fingerprint density at radius 2 is 1.78 bits per heavy atom. The second-order valence-corrected chi connectivity index (χ2v) is 5.20. The van der Waals surface area contributed by atoms with Crippen LogP contribution >= 0.6 is 11.9 Å². The number of para-hydroxylation sites is 1. The molecule has 0 aliphatic carbocycles. The van der Waals surface area contributed by atoms with Gasteiger partial charge in [-0.1, -0.05) is 18.2 Å². The Morgan fingerprint density at radius 3 is 2.43 bits per heavy atom. The predicted molar refractivity (Wildman–Crippen MR) is 86.3 cm³/mol. The number of rotatable bonds is 5. The fraction of sp³-hybridized carbons (Fsp3) is 0. The quantitative estimate of drug-likeness (QED) is 0.215. The molecular formula is C15H14N2O5S. The van der Waals surface area contributed by atoms with Crippen molar-refractivity contribution in [3.05, 3.63) is 48.0 Å². The van der Waals surface area contributed by atoms with Gasteiger partial charge in [-0.15, -0.1) is 0 Å². The summed E-state index contributed by atoms with van der Waals surface area (Å²) in [5.41, 5.74) is 2.08. The zero-order valence-electron chi connectivity index (χ0n) is 11.7. The Kier molecular flexibility index (Phi) is 5.34. The second-order valence-electron chi connectivity index (χ2n) is 4.39. The molecule has 6 N–H and O–H groups in total. The maximum atomic E-state index is 11.0. The first-order valence-electron chi connectivity index (χ1n) is 6.41. The van der Waals surface area contributed by atoms with Crippen molar-refractivity contribution in [1.29, 1.82) is 0 Å². The molecule has 1 amide bonds. The number of hydroxylamine groups is 1. The van der Waals surface area contributed by atoms with Gasteiger partial charge >= 0.3 is 0 Å². The number of anilines is 1. The molecule has 23 heavy (non-hydrogen) atoms. The van der Waals surface area contributed by atoms with Crippen LogP contribution in [0.2, 0.25) is 0 Å². The van der Waals surface area contributed by atoms with Crippen LogP contribution < -0.4 is 10.2 Å². The lowest BCUT2D eigenvalue weighted by molar-refractivity contribution is -0.124. The van der Waals surface area contributed by atoms with Gasteiger partial charge in [-0.3, -0.25) is 10.0 Å². The summed E-state index contributed by atoms with van der Waals surface area (Å²) in [6.07, 6.45) is 2.03. The van der Waals surface area contributed by atoms with Crippen LogP contribution in [0.3, 0.4) is 0 Å². The van der Waals surface area contributed by atoms with E-state index in [4.69, 9.17) is 5.21 Å². The van der Waals surface area contributed by atoms with Gasteiger partial charge in [0, 0.05) is 17.8 Å². The molecule has 0 saturated heterocycles. The summed E-state index contributed by atoms with van der Waals surface area (Å²) in [6.45, 7) is 0. The van der Waals surface area contributed by atoms with Gasteiger partial charge in [0.1, 0.15) is 22.1 Å². The van der Waals surface area contributed by atoms with Crippen molar-refractivity contribution >= 4 is 29.6 Å². The van der Waals surface area contributed by atoms with Crippen LogP contribution in [0, 0.1) is 0 Å². The summed E-state index contributed by atoms with van der Waals surface area (Å²) in [5.74, 6) is -1.96. The van der Waals surface area contributed by atoms with E-state index in [2.05, 4.69) is 4.72 Å². The Hall–Kier alpha value is -2.84. The molecule has 0 aromatic heterocycles. The minimum Gasteiger partial charge on any atom is -0.507 e. The maximum absolute atomic E-state index is 11.0. The summed E-state index contributed by atoms with van der Waals surface area (Å²) in [4.78, 5) is 11.1. The maximum Gasteiger partial charge on any atom is 0.267 e. The highest BCUT2D eigenvalue weighted by Crippen LogP contribution is 2.44. The summed E-state index contributed by atoms with van der Waals surface area (Å²) in [5, 5.41) is 38.3. The lowest BCUT2D eigenvalue weighted by Crippen LogP contribution is -2.14. The van der Waals surface area contributed by atoms with Gasteiger partial charge in [-0.25, -0.2) is 5.48 Å². The number of carbonyl (C=O) groups excluding carboxylic acids is 1. The molecule has 0 aliphatic heterocycles. The molecule has 8 heteroatoms. The van der Waals surface area contributed by atoms with E-state index in [9.17, 15) is 20.1 Å². The van der Waals surface area contributed by atoms with Gasteiger partial charge in [0.25, 0.3) is 5.91 Å². The van der Waals surface area contributed by atoms with Gasteiger partial charge in [-0.2, -0.15) is 0 Å². The van der Waals surface area contributed by atoms with Gasteiger partial charge in [0.05, 0.1) is 5.56 Å². The van der Waals surface area contributed by atoms with Crippen molar-refractivity contribution in [3.63, 3.8) is 0 Å². The highest BCUT2D eigenvalue weighted by molar-refractivity contribution is 8.00. The SMILES string of the molecule is O=C(/C=C/c1c(O)cc(O)c(SNc2ccccc2)c1O)NO. The van der Waals surface area contributed by atoms with Crippen LogP contribution in [0.15, 0.2) is 47.4 Å². The lowest BCUT2D eigenvalue weighted by Gasteiger charge is -2.12. The van der Waals surface area contributed by atoms with E-state index in [1.54, 1.807) is 12.1 Å². The third-order valence-corrected chi connectivity index (χ3v) is 3.75. The van der Waals surface area contributed by atoms with Crippen LogP contribution in [-0.4, -0.2) is 26.4 Å². The number of phenols is 3. The number of carbonyl (C=O) groups is 1. The van der Waals surface area contributed by atoms with Crippen LogP contribution in [0.25, 0.3) is 6.08 Å². The zero-order chi connectivity index (χ0) is 16.8. The largest absolute Gasteiger partial charge is 0.507 e. The highest BCUT2D eigenvalue weighted by atomic mass is 32.2. The van der Waals surface area contributed by atoms with Gasteiger partial charge in [0.15, 0.2) is 0 Å². The molecule has 2 aromatic rings. The van der Waals surface area contributed by atoms with E-state index in [1.165, 1.54) is 5.48 Å². The first-order chi connectivity index (χ1) is 11.0. The topological polar surface area (TPSA) is 122 Å². The predicted octanol–water partition coefficient (Wildman–Crippen LogP) is 2.44. The second kappa shape index (κ2) is 7.43. The van der Waals surface area contributed by atoms with Crippen molar-refractivity contribution in [2.75, 3.05) is 4.72 Å². The third-order valence-electron chi connectivity index (χ3n) is 2.81. The number of amides is 1. The van der Waals surface area contributed by atoms with Gasteiger partial charge in [0.2, 0.25) is 0 Å². The number of aromatic hydroxyl groups is 3. The molecule has 0 spiro atoms. The number of hydrogen-bond donors (Lipinski definition) is 6. The van der Waals surface area contributed by atoms with Gasteiger partial charge < -0.3 is 20.0 Å². The lowest BCUT2D eigenvalue weighted by atomic mass is 10.1. The minimum atomic E-state index is -0.825. The van der Waals surface area contributed by atoms with Crippen molar-refractivity contribution in [3.8, 4) is 17.2 Å². The van der Waals surface area contributed by atoms with E-state index in [-0.39, 0.29) is 16.2 Å². The Bertz CT molecular complexity index is 734. The number of phenolic OH excluding ortho intramolecular Hbond substituents is 3. The fourth-order valence-electron chi connectivity index (χ4n) is 1.72. The summed E-state index contributed by atoms with van der Waals surface area (Å²) in [7, 11) is 0. The normalized spacial score (nSPS) is 10.7. The first kappa shape index (κ1) is 16.5. The fourth-order valence-corrected chi connectivity index (χ4v) is 2.44. The zero-order valence-corrected chi connectivity index (χ0v) is 12.5. The minimum absolute atomic E-state index is 0.0660. The summed E-state index contributed by atoms with van der Waals surface area (Å²) in [6, 6.07) is 10.1. The number of hydrogen-bond acceptors (Lipinski definition) is 7. The molecule has 0 aliphatic rings.